The first-order valence-corrected chi connectivity index (χ1v) is 8.10. The van der Waals surface area contributed by atoms with Crippen LogP contribution in [0.3, 0.4) is 0 Å². The average Bonchev–Trinajstić information content (AvgIpc) is 3.13. The summed E-state index contributed by atoms with van der Waals surface area (Å²) in [5, 5.41) is 14.9. The molecule has 24 heavy (non-hydrogen) atoms. The molecule has 1 aliphatic heterocycles. The number of rotatable bonds is 8. The lowest BCUT2D eigenvalue weighted by molar-refractivity contribution is -0.117. The number of hydrogen-bond donors (Lipinski definition) is 2. The number of benzene rings is 1. The van der Waals surface area contributed by atoms with Crippen LogP contribution in [0.2, 0.25) is 0 Å². The van der Waals surface area contributed by atoms with Crippen molar-refractivity contribution >= 4 is 5.91 Å². The van der Waals surface area contributed by atoms with Crippen LogP contribution in [-0.2, 0) is 16.0 Å². The lowest BCUT2D eigenvalue weighted by Gasteiger charge is -2.10. The Morgan fingerprint density at radius 1 is 1.50 bits per heavy atom. The highest BCUT2D eigenvalue weighted by atomic mass is 16.5. The highest BCUT2D eigenvalue weighted by molar-refractivity contribution is 5.97. The van der Waals surface area contributed by atoms with Gasteiger partial charge in [0.15, 0.2) is 0 Å². The molecule has 1 unspecified atom stereocenters. The van der Waals surface area contributed by atoms with Gasteiger partial charge in [0.1, 0.15) is 17.4 Å². The van der Waals surface area contributed by atoms with Crippen molar-refractivity contribution in [2.45, 2.75) is 25.4 Å². The van der Waals surface area contributed by atoms with Gasteiger partial charge in [-0.15, -0.1) is 0 Å². The average molecular weight is 329 g/mol. The van der Waals surface area contributed by atoms with Crippen molar-refractivity contribution in [3.8, 4) is 11.8 Å². The quantitative estimate of drug-likeness (QED) is 0.429. The lowest BCUT2D eigenvalue weighted by atomic mass is 10.1. The molecule has 6 heteroatoms. The van der Waals surface area contributed by atoms with E-state index < -0.39 is 0 Å². The number of nitrogens with one attached hydrogen (secondary N) is 2. The molecule has 0 aromatic heterocycles. The summed E-state index contributed by atoms with van der Waals surface area (Å²) in [6, 6.07) is 9.69. The predicted molar refractivity (Wildman–Crippen MR) is 90.4 cm³/mol. The first-order valence-electron chi connectivity index (χ1n) is 8.10. The van der Waals surface area contributed by atoms with Crippen LogP contribution in [-0.4, -0.2) is 38.8 Å². The summed E-state index contributed by atoms with van der Waals surface area (Å²) in [5.74, 6) is 0.455. The molecular formula is C18H23N3O3. The second-order valence-electron chi connectivity index (χ2n) is 5.53. The first kappa shape index (κ1) is 17.8. The molecule has 1 amide bonds. The van der Waals surface area contributed by atoms with Crippen molar-refractivity contribution in [3.63, 3.8) is 0 Å². The van der Waals surface area contributed by atoms with Crippen LogP contribution in [0.1, 0.15) is 18.4 Å². The Kier molecular flexibility index (Phi) is 7.12. The normalized spacial score (nSPS) is 17.2. The van der Waals surface area contributed by atoms with E-state index in [0.717, 1.165) is 37.2 Å². The molecule has 1 aromatic rings. The number of hydrogen-bond acceptors (Lipinski definition) is 5. The van der Waals surface area contributed by atoms with Crippen molar-refractivity contribution in [3.05, 3.63) is 41.6 Å². The molecule has 1 atom stereocenters. The number of carbonyl (C=O) groups excluding carboxylic acids is 1. The number of nitriles is 1. The largest absolute Gasteiger partial charge is 0.496 e. The zero-order chi connectivity index (χ0) is 17.2. The smallest absolute Gasteiger partial charge is 0.263 e. The van der Waals surface area contributed by atoms with E-state index in [2.05, 4.69) is 10.6 Å². The molecule has 0 aliphatic carbocycles. The summed E-state index contributed by atoms with van der Waals surface area (Å²) in [6.07, 6.45) is 4.22. The molecule has 1 aromatic carbocycles. The summed E-state index contributed by atoms with van der Waals surface area (Å²) >= 11 is 0. The molecule has 0 bridgehead atoms. The molecular weight excluding hydrogens is 306 g/mol. The van der Waals surface area contributed by atoms with Crippen molar-refractivity contribution in [1.82, 2.24) is 10.6 Å². The van der Waals surface area contributed by atoms with E-state index in [4.69, 9.17) is 14.7 Å². The van der Waals surface area contributed by atoms with Gasteiger partial charge in [-0.1, -0.05) is 18.2 Å². The van der Waals surface area contributed by atoms with Crippen LogP contribution < -0.4 is 15.4 Å². The minimum Gasteiger partial charge on any atom is -0.496 e. The third-order valence-electron chi connectivity index (χ3n) is 3.86. The van der Waals surface area contributed by atoms with Crippen molar-refractivity contribution in [2.24, 2.45) is 0 Å². The summed E-state index contributed by atoms with van der Waals surface area (Å²) in [5.41, 5.74) is 1.13. The van der Waals surface area contributed by atoms with Crippen LogP contribution >= 0.6 is 0 Å². The van der Waals surface area contributed by atoms with Crippen LogP contribution in [0.5, 0.6) is 5.75 Å². The third kappa shape index (κ3) is 5.28. The standard InChI is InChI=1S/C18H23N3O3/c1-23-17-7-3-2-5-14(17)8-9-20-12-15(11-19)18(22)21-13-16-6-4-10-24-16/h2-3,5,7,12,16,20H,4,6,8-10,13H2,1H3,(H,21,22)/b15-12-. The maximum atomic E-state index is 12.0. The van der Waals surface area contributed by atoms with Crippen LogP contribution in [0.25, 0.3) is 0 Å². The van der Waals surface area contributed by atoms with Crippen molar-refractivity contribution < 1.29 is 14.3 Å². The van der Waals surface area contributed by atoms with Crippen molar-refractivity contribution in [2.75, 3.05) is 26.8 Å². The van der Waals surface area contributed by atoms with E-state index in [-0.39, 0.29) is 17.6 Å². The Labute approximate surface area is 142 Å². The molecule has 2 N–H and O–H groups in total. The van der Waals surface area contributed by atoms with Crippen molar-refractivity contribution in [1.29, 1.82) is 5.26 Å². The lowest BCUT2D eigenvalue weighted by Crippen LogP contribution is -2.33. The summed E-state index contributed by atoms with van der Waals surface area (Å²) in [4.78, 5) is 12.0. The topological polar surface area (TPSA) is 83.4 Å². The second-order valence-corrected chi connectivity index (χ2v) is 5.53. The van der Waals surface area contributed by atoms with Gasteiger partial charge in [-0.05, 0) is 30.9 Å². The Balaban J connectivity index is 1.77. The third-order valence-corrected chi connectivity index (χ3v) is 3.86. The van der Waals surface area contributed by atoms with Gasteiger partial charge >= 0.3 is 0 Å². The number of ether oxygens (including phenoxy) is 2. The maximum absolute atomic E-state index is 12.0. The van der Waals surface area contributed by atoms with Gasteiger partial charge in [0.05, 0.1) is 13.2 Å². The fraction of sp³-hybridized carbons (Fsp3) is 0.444. The maximum Gasteiger partial charge on any atom is 0.263 e. The molecule has 0 radical (unpaired) electrons. The highest BCUT2D eigenvalue weighted by Crippen LogP contribution is 2.17. The van der Waals surface area contributed by atoms with Gasteiger partial charge in [0.2, 0.25) is 0 Å². The van der Waals surface area contributed by atoms with E-state index in [1.165, 1.54) is 6.20 Å². The van der Waals surface area contributed by atoms with E-state index in [1.54, 1.807) is 7.11 Å². The van der Waals surface area contributed by atoms with E-state index in [0.29, 0.717) is 13.1 Å². The SMILES string of the molecule is COc1ccccc1CCN/C=C(/C#N)C(=O)NCC1CCCO1. The molecule has 128 valence electrons. The zero-order valence-corrected chi connectivity index (χ0v) is 13.9. The van der Waals surface area contributed by atoms with Crippen LogP contribution in [0.4, 0.5) is 0 Å². The molecule has 1 aliphatic rings. The monoisotopic (exact) mass is 329 g/mol. The molecule has 1 saturated heterocycles. The molecule has 0 saturated carbocycles. The number of carbonyl (C=O) groups is 1. The molecule has 1 heterocycles. The Bertz CT molecular complexity index is 616. The highest BCUT2D eigenvalue weighted by Gasteiger charge is 2.17. The first-order chi connectivity index (χ1) is 11.7. The fourth-order valence-corrected chi connectivity index (χ4v) is 2.55. The minimum atomic E-state index is -0.377. The molecule has 0 spiro atoms. The molecule has 6 nitrogen and oxygen atoms in total. The molecule has 2 rings (SSSR count). The van der Waals surface area contributed by atoms with Crippen LogP contribution in [0, 0.1) is 11.3 Å². The van der Waals surface area contributed by atoms with E-state index in [9.17, 15) is 4.79 Å². The number of amides is 1. The van der Waals surface area contributed by atoms with E-state index in [1.807, 2.05) is 30.3 Å². The second kappa shape index (κ2) is 9.58. The minimum absolute atomic E-state index is 0.0624. The van der Waals surface area contributed by atoms with Gasteiger partial charge in [0, 0.05) is 25.9 Å². The van der Waals surface area contributed by atoms with E-state index >= 15 is 0 Å². The van der Waals surface area contributed by atoms with Gasteiger partial charge in [-0.2, -0.15) is 5.26 Å². The zero-order valence-electron chi connectivity index (χ0n) is 13.9. The van der Waals surface area contributed by atoms with Gasteiger partial charge in [-0.25, -0.2) is 0 Å². The molecule has 1 fully saturated rings. The Morgan fingerprint density at radius 2 is 2.33 bits per heavy atom. The van der Waals surface area contributed by atoms with Gasteiger partial charge < -0.3 is 20.1 Å². The summed E-state index contributed by atoms with van der Waals surface area (Å²) < 4.78 is 10.7. The number of methoxy groups -OCH3 is 1. The fourth-order valence-electron chi connectivity index (χ4n) is 2.55. The number of para-hydroxylation sites is 1. The van der Waals surface area contributed by atoms with Crippen LogP contribution in [0.15, 0.2) is 36.0 Å². The Morgan fingerprint density at radius 3 is 3.04 bits per heavy atom. The summed E-state index contributed by atoms with van der Waals surface area (Å²) in [6.45, 7) is 1.79. The Hall–Kier alpha value is -2.52. The van der Waals surface area contributed by atoms with Gasteiger partial charge in [-0.3, -0.25) is 4.79 Å². The summed E-state index contributed by atoms with van der Waals surface area (Å²) in [7, 11) is 1.64. The van der Waals surface area contributed by atoms with Gasteiger partial charge in [0.25, 0.3) is 5.91 Å². The predicted octanol–water partition coefficient (Wildman–Crippen LogP) is 1.53. The number of nitrogens with zero attached hydrogens (tertiary/aromatic N) is 1.